The first kappa shape index (κ1) is 15.4. The van der Waals surface area contributed by atoms with Gasteiger partial charge in [-0.2, -0.15) is 4.39 Å². The highest BCUT2D eigenvalue weighted by Gasteiger charge is 2.28. The smallest absolute Gasteiger partial charge is 0.253 e. The van der Waals surface area contributed by atoms with Gasteiger partial charge in [-0.15, -0.1) is 0 Å². The van der Waals surface area contributed by atoms with E-state index in [0.717, 1.165) is 0 Å². The van der Waals surface area contributed by atoms with Crippen molar-refractivity contribution >= 4 is 11.7 Å². The zero-order chi connectivity index (χ0) is 16.4. The third kappa shape index (κ3) is 3.31. The Hall–Kier alpha value is -2.50. The molecule has 0 spiro atoms. The van der Waals surface area contributed by atoms with Crippen LogP contribution in [0.1, 0.15) is 17.3 Å². The van der Waals surface area contributed by atoms with Gasteiger partial charge in [0, 0.05) is 31.2 Å². The maximum atomic E-state index is 13.3. The van der Waals surface area contributed by atoms with Gasteiger partial charge in [-0.3, -0.25) is 4.79 Å². The van der Waals surface area contributed by atoms with E-state index in [9.17, 15) is 13.6 Å². The fourth-order valence-corrected chi connectivity index (χ4v) is 2.81. The van der Waals surface area contributed by atoms with Gasteiger partial charge in [-0.25, -0.2) is 9.37 Å². The number of carbonyl (C=O) groups is 1. The summed E-state index contributed by atoms with van der Waals surface area (Å²) >= 11 is 0. The summed E-state index contributed by atoms with van der Waals surface area (Å²) in [5.41, 5.74) is 0.468. The van der Waals surface area contributed by atoms with Crippen molar-refractivity contribution in [2.75, 3.05) is 24.5 Å². The maximum absolute atomic E-state index is 13.3. The van der Waals surface area contributed by atoms with E-state index >= 15 is 0 Å². The molecular formula is C17H17F2N3O. The molecule has 0 saturated carbocycles. The second-order valence-electron chi connectivity index (χ2n) is 5.62. The van der Waals surface area contributed by atoms with Crippen LogP contribution in [-0.4, -0.2) is 41.5 Å². The number of amides is 1. The van der Waals surface area contributed by atoms with E-state index in [-0.39, 0.29) is 17.8 Å². The molecule has 120 valence electrons. The molecule has 23 heavy (non-hydrogen) atoms. The quantitative estimate of drug-likeness (QED) is 0.799. The van der Waals surface area contributed by atoms with Gasteiger partial charge < -0.3 is 9.80 Å². The van der Waals surface area contributed by atoms with Gasteiger partial charge in [-0.1, -0.05) is 6.07 Å². The summed E-state index contributed by atoms with van der Waals surface area (Å²) in [6, 6.07) is 10.3. The topological polar surface area (TPSA) is 36.4 Å². The molecule has 1 aliphatic rings. The number of hydrogen-bond donors (Lipinski definition) is 0. The zero-order valence-corrected chi connectivity index (χ0v) is 12.7. The first-order valence-corrected chi connectivity index (χ1v) is 7.48. The van der Waals surface area contributed by atoms with Crippen molar-refractivity contribution in [1.29, 1.82) is 0 Å². The molecule has 1 fully saturated rings. The molecule has 1 aromatic heterocycles. The summed E-state index contributed by atoms with van der Waals surface area (Å²) < 4.78 is 26.2. The number of nitrogens with zero attached hydrogens (tertiary/aromatic N) is 3. The number of halogens is 2. The van der Waals surface area contributed by atoms with Crippen LogP contribution in [0.4, 0.5) is 14.6 Å². The number of anilines is 1. The van der Waals surface area contributed by atoms with Crippen LogP contribution in [0.25, 0.3) is 0 Å². The predicted molar refractivity (Wildman–Crippen MR) is 83.3 cm³/mol. The van der Waals surface area contributed by atoms with Gasteiger partial charge in [-0.05, 0) is 43.3 Å². The Balaban J connectivity index is 1.71. The van der Waals surface area contributed by atoms with Crippen molar-refractivity contribution < 1.29 is 13.6 Å². The van der Waals surface area contributed by atoms with E-state index in [1.54, 1.807) is 17.0 Å². The zero-order valence-electron chi connectivity index (χ0n) is 12.7. The van der Waals surface area contributed by atoms with Crippen molar-refractivity contribution in [1.82, 2.24) is 9.88 Å². The minimum absolute atomic E-state index is 0.0162. The average molecular weight is 317 g/mol. The summed E-state index contributed by atoms with van der Waals surface area (Å²) in [7, 11) is 0. The van der Waals surface area contributed by atoms with Crippen molar-refractivity contribution in [3.8, 4) is 0 Å². The van der Waals surface area contributed by atoms with E-state index in [1.807, 2.05) is 11.8 Å². The number of rotatable bonds is 2. The minimum atomic E-state index is -0.514. The van der Waals surface area contributed by atoms with Crippen LogP contribution in [0.5, 0.6) is 0 Å². The minimum Gasteiger partial charge on any atom is -0.350 e. The number of piperazine rings is 1. The molecule has 0 aliphatic carbocycles. The molecule has 1 atom stereocenters. The lowest BCUT2D eigenvalue weighted by Gasteiger charge is -2.40. The van der Waals surface area contributed by atoms with Crippen LogP contribution >= 0.6 is 0 Å². The van der Waals surface area contributed by atoms with E-state index in [4.69, 9.17) is 0 Å². The highest BCUT2D eigenvalue weighted by molar-refractivity contribution is 5.94. The molecule has 0 bridgehead atoms. The lowest BCUT2D eigenvalue weighted by molar-refractivity contribution is 0.0726. The van der Waals surface area contributed by atoms with Gasteiger partial charge >= 0.3 is 0 Å². The lowest BCUT2D eigenvalue weighted by atomic mass is 10.1. The molecule has 2 heterocycles. The highest BCUT2D eigenvalue weighted by atomic mass is 19.1. The molecule has 1 amide bonds. The SMILES string of the molecule is CC1CN(C(=O)c2ccc(F)cc2)CCN1c1cccc(F)n1. The van der Waals surface area contributed by atoms with Crippen LogP contribution in [0.15, 0.2) is 42.5 Å². The Morgan fingerprint density at radius 2 is 1.87 bits per heavy atom. The molecule has 0 N–H and O–H groups in total. The van der Waals surface area contributed by atoms with Crippen molar-refractivity contribution in [3.63, 3.8) is 0 Å². The first-order valence-electron chi connectivity index (χ1n) is 7.48. The second-order valence-corrected chi connectivity index (χ2v) is 5.62. The fourth-order valence-electron chi connectivity index (χ4n) is 2.81. The Morgan fingerprint density at radius 3 is 2.52 bits per heavy atom. The summed E-state index contributed by atoms with van der Waals surface area (Å²) in [5, 5.41) is 0. The van der Waals surface area contributed by atoms with E-state index in [0.29, 0.717) is 31.0 Å². The van der Waals surface area contributed by atoms with Gasteiger partial charge in [0.15, 0.2) is 0 Å². The Morgan fingerprint density at radius 1 is 1.13 bits per heavy atom. The fraction of sp³-hybridized carbons (Fsp3) is 0.294. The average Bonchev–Trinajstić information content (AvgIpc) is 2.55. The monoisotopic (exact) mass is 317 g/mol. The molecule has 6 heteroatoms. The van der Waals surface area contributed by atoms with Gasteiger partial charge in [0.2, 0.25) is 5.95 Å². The molecule has 3 rings (SSSR count). The van der Waals surface area contributed by atoms with Crippen LogP contribution in [-0.2, 0) is 0 Å². The molecule has 4 nitrogen and oxygen atoms in total. The van der Waals surface area contributed by atoms with E-state index in [1.165, 1.54) is 30.3 Å². The number of carbonyl (C=O) groups excluding carboxylic acids is 1. The van der Waals surface area contributed by atoms with E-state index < -0.39 is 5.95 Å². The Labute approximate surface area is 133 Å². The summed E-state index contributed by atoms with van der Waals surface area (Å²) in [6.45, 7) is 3.56. The molecule has 2 aromatic rings. The van der Waals surface area contributed by atoms with Gasteiger partial charge in [0.1, 0.15) is 11.6 Å². The molecule has 0 radical (unpaired) electrons. The maximum Gasteiger partial charge on any atom is 0.253 e. The van der Waals surface area contributed by atoms with Crippen LogP contribution in [0.2, 0.25) is 0 Å². The van der Waals surface area contributed by atoms with Crippen molar-refractivity contribution in [2.24, 2.45) is 0 Å². The number of benzene rings is 1. The number of hydrogen-bond acceptors (Lipinski definition) is 3. The molecular weight excluding hydrogens is 300 g/mol. The standard InChI is InChI=1S/C17H17F2N3O/c1-12-11-21(17(23)13-5-7-14(18)8-6-13)9-10-22(12)16-4-2-3-15(19)20-16/h2-8,12H,9-11H2,1H3. The first-order chi connectivity index (χ1) is 11.0. The predicted octanol–water partition coefficient (Wildman–Crippen LogP) is 2.71. The third-order valence-corrected chi connectivity index (χ3v) is 4.00. The highest BCUT2D eigenvalue weighted by Crippen LogP contribution is 2.20. The molecule has 1 aliphatic heterocycles. The molecule has 1 aromatic carbocycles. The Kier molecular flexibility index (Phi) is 4.23. The largest absolute Gasteiger partial charge is 0.350 e. The molecule has 1 unspecified atom stereocenters. The van der Waals surface area contributed by atoms with Crippen LogP contribution in [0.3, 0.4) is 0 Å². The van der Waals surface area contributed by atoms with E-state index in [2.05, 4.69) is 4.98 Å². The van der Waals surface area contributed by atoms with Crippen molar-refractivity contribution in [2.45, 2.75) is 13.0 Å². The van der Waals surface area contributed by atoms with Crippen molar-refractivity contribution in [3.05, 3.63) is 59.8 Å². The van der Waals surface area contributed by atoms with Gasteiger partial charge in [0.05, 0.1) is 0 Å². The number of pyridine rings is 1. The Bertz CT molecular complexity index is 705. The van der Waals surface area contributed by atoms with Crippen LogP contribution < -0.4 is 4.90 Å². The van der Waals surface area contributed by atoms with Crippen LogP contribution in [0, 0.1) is 11.8 Å². The summed E-state index contributed by atoms with van der Waals surface area (Å²) in [4.78, 5) is 20.1. The summed E-state index contributed by atoms with van der Waals surface area (Å²) in [6.07, 6.45) is 0. The third-order valence-electron chi connectivity index (χ3n) is 4.00. The lowest BCUT2D eigenvalue weighted by Crippen LogP contribution is -2.54. The van der Waals surface area contributed by atoms with Gasteiger partial charge in [0.25, 0.3) is 5.91 Å². The normalized spacial score (nSPS) is 18.1. The summed E-state index contributed by atoms with van der Waals surface area (Å²) in [5.74, 6) is -0.425. The second kappa shape index (κ2) is 6.32. The number of aromatic nitrogens is 1. The molecule has 1 saturated heterocycles.